The van der Waals surface area contributed by atoms with E-state index >= 15 is 0 Å². The Morgan fingerprint density at radius 3 is 2.67 bits per heavy atom. The number of hydrogen-bond acceptors (Lipinski definition) is 3. The van der Waals surface area contributed by atoms with Crippen LogP contribution < -0.4 is 5.32 Å². The molecular formula is C12H21NOS. The predicted octanol–water partition coefficient (Wildman–Crippen LogP) is 2.48. The third-order valence-electron chi connectivity index (χ3n) is 2.59. The van der Waals surface area contributed by atoms with Gasteiger partial charge in [-0.1, -0.05) is 6.92 Å². The first-order chi connectivity index (χ1) is 7.30. The molecule has 2 nitrogen and oxygen atoms in total. The number of nitrogens with one attached hydrogen (secondary N) is 1. The van der Waals surface area contributed by atoms with E-state index in [2.05, 4.69) is 24.4 Å². The van der Waals surface area contributed by atoms with E-state index in [4.69, 9.17) is 4.74 Å². The molecule has 1 rings (SSSR count). The molecule has 0 radical (unpaired) electrons. The molecule has 0 aliphatic carbocycles. The van der Waals surface area contributed by atoms with Gasteiger partial charge < -0.3 is 10.1 Å². The van der Waals surface area contributed by atoms with Crippen LogP contribution in [0.15, 0.2) is 12.1 Å². The average molecular weight is 227 g/mol. The third kappa shape index (κ3) is 4.33. The smallest absolute Gasteiger partial charge is 0.0477 e. The highest BCUT2D eigenvalue weighted by Crippen LogP contribution is 2.19. The number of likely N-dealkylation sites (N-methyl/N-ethyl adjacent to an activating group) is 1. The molecule has 0 fully saturated rings. The van der Waals surface area contributed by atoms with Gasteiger partial charge in [0.1, 0.15) is 0 Å². The summed E-state index contributed by atoms with van der Waals surface area (Å²) in [6.07, 6.45) is 3.34. The Labute approximate surface area is 96.7 Å². The summed E-state index contributed by atoms with van der Waals surface area (Å²) in [6.45, 7) is 3.04. The van der Waals surface area contributed by atoms with Crippen molar-refractivity contribution >= 4 is 11.3 Å². The molecule has 0 aliphatic rings. The van der Waals surface area contributed by atoms with E-state index < -0.39 is 0 Å². The van der Waals surface area contributed by atoms with Crippen molar-refractivity contribution in [2.45, 2.75) is 32.2 Å². The summed E-state index contributed by atoms with van der Waals surface area (Å²) in [7, 11) is 3.78. The zero-order valence-electron chi connectivity index (χ0n) is 9.88. The van der Waals surface area contributed by atoms with Gasteiger partial charge in [-0.05, 0) is 38.4 Å². The molecule has 0 saturated carbocycles. The molecule has 1 heterocycles. The van der Waals surface area contributed by atoms with Gasteiger partial charge in [-0.25, -0.2) is 0 Å². The highest BCUT2D eigenvalue weighted by molar-refractivity contribution is 7.11. The van der Waals surface area contributed by atoms with E-state index in [1.54, 1.807) is 7.11 Å². The van der Waals surface area contributed by atoms with Gasteiger partial charge in [-0.3, -0.25) is 0 Å². The van der Waals surface area contributed by atoms with Crippen LogP contribution in [0.1, 0.15) is 23.1 Å². The zero-order valence-corrected chi connectivity index (χ0v) is 10.7. The molecule has 1 N–H and O–H groups in total. The number of ether oxygens (including phenoxy) is 1. The second-order valence-corrected chi connectivity index (χ2v) is 4.95. The number of aryl methyl sites for hydroxylation is 1. The average Bonchev–Trinajstić information content (AvgIpc) is 2.71. The van der Waals surface area contributed by atoms with Crippen LogP contribution in [-0.2, 0) is 17.6 Å². The van der Waals surface area contributed by atoms with Crippen molar-refractivity contribution in [2.24, 2.45) is 0 Å². The Kier molecular flexibility index (Phi) is 5.91. The van der Waals surface area contributed by atoms with Gasteiger partial charge in [-0.2, -0.15) is 0 Å². The summed E-state index contributed by atoms with van der Waals surface area (Å²) < 4.78 is 5.10. The van der Waals surface area contributed by atoms with Crippen LogP contribution in [0.3, 0.4) is 0 Å². The number of methoxy groups -OCH3 is 1. The van der Waals surface area contributed by atoms with Crippen LogP contribution >= 0.6 is 11.3 Å². The van der Waals surface area contributed by atoms with Gasteiger partial charge >= 0.3 is 0 Å². The second kappa shape index (κ2) is 6.99. The molecule has 1 unspecified atom stereocenters. The first-order valence-corrected chi connectivity index (χ1v) is 6.35. The van der Waals surface area contributed by atoms with Crippen molar-refractivity contribution in [1.29, 1.82) is 0 Å². The molecule has 0 amide bonds. The van der Waals surface area contributed by atoms with Gasteiger partial charge in [0.2, 0.25) is 0 Å². The Bertz CT molecular complexity index is 272. The molecule has 15 heavy (non-hydrogen) atoms. The Balaban J connectivity index is 2.43. The van der Waals surface area contributed by atoms with Gasteiger partial charge in [0.25, 0.3) is 0 Å². The maximum atomic E-state index is 5.10. The summed E-state index contributed by atoms with van der Waals surface area (Å²) in [6, 6.07) is 5.03. The highest BCUT2D eigenvalue weighted by atomic mass is 32.1. The molecule has 0 aliphatic heterocycles. The number of rotatable bonds is 7. The minimum atomic E-state index is 0.535. The van der Waals surface area contributed by atoms with Crippen molar-refractivity contribution in [3.8, 4) is 0 Å². The van der Waals surface area contributed by atoms with Crippen molar-refractivity contribution in [3.63, 3.8) is 0 Å². The van der Waals surface area contributed by atoms with Gasteiger partial charge in [0.15, 0.2) is 0 Å². The van der Waals surface area contributed by atoms with E-state index in [0.717, 1.165) is 25.9 Å². The molecular weight excluding hydrogens is 206 g/mol. The Morgan fingerprint density at radius 1 is 1.40 bits per heavy atom. The standard InChI is InChI=1S/C12H21NOS/c1-4-11-5-6-12(15-11)9-10(13-2)7-8-14-3/h5-6,10,13H,4,7-9H2,1-3H3. The summed E-state index contributed by atoms with van der Waals surface area (Å²) >= 11 is 1.93. The minimum Gasteiger partial charge on any atom is -0.385 e. The second-order valence-electron chi connectivity index (χ2n) is 3.69. The lowest BCUT2D eigenvalue weighted by molar-refractivity contribution is 0.184. The van der Waals surface area contributed by atoms with Crippen molar-refractivity contribution in [2.75, 3.05) is 20.8 Å². The minimum absolute atomic E-state index is 0.535. The Hall–Kier alpha value is -0.380. The largest absolute Gasteiger partial charge is 0.385 e. The quantitative estimate of drug-likeness (QED) is 0.772. The molecule has 1 aromatic rings. The maximum absolute atomic E-state index is 5.10. The summed E-state index contributed by atoms with van der Waals surface area (Å²) in [5.74, 6) is 0. The van der Waals surface area contributed by atoms with Gasteiger partial charge in [0, 0.05) is 29.5 Å². The van der Waals surface area contributed by atoms with Crippen LogP contribution in [0.25, 0.3) is 0 Å². The molecule has 1 atom stereocenters. The molecule has 0 spiro atoms. The topological polar surface area (TPSA) is 21.3 Å². The van der Waals surface area contributed by atoms with Crippen molar-refractivity contribution < 1.29 is 4.74 Å². The van der Waals surface area contributed by atoms with E-state index in [0.29, 0.717) is 6.04 Å². The Morgan fingerprint density at radius 2 is 2.13 bits per heavy atom. The molecule has 0 aromatic carbocycles. The lowest BCUT2D eigenvalue weighted by Crippen LogP contribution is -2.28. The van der Waals surface area contributed by atoms with Crippen LogP contribution in [0.5, 0.6) is 0 Å². The number of thiophene rings is 1. The zero-order chi connectivity index (χ0) is 11.1. The highest BCUT2D eigenvalue weighted by Gasteiger charge is 2.08. The monoisotopic (exact) mass is 227 g/mol. The van der Waals surface area contributed by atoms with Crippen LogP contribution in [0, 0.1) is 0 Å². The SMILES string of the molecule is CCc1ccc(CC(CCOC)NC)s1. The number of hydrogen-bond donors (Lipinski definition) is 1. The third-order valence-corrected chi connectivity index (χ3v) is 3.84. The first-order valence-electron chi connectivity index (χ1n) is 5.54. The fourth-order valence-corrected chi connectivity index (χ4v) is 2.61. The maximum Gasteiger partial charge on any atom is 0.0477 e. The first kappa shape index (κ1) is 12.7. The van der Waals surface area contributed by atoms with Crippen molar-refractivity contribution in [3.05, 3.63) is 21.9 Å². The van der Waals surface area contributed by atoms with Crippen LogP contribution in [0.2, 0.25) is 0 Å². The van der Waals surface area contributed by atoms with Crippen LogP contribution in [0.4, 0.5) is 0 Å². The fourth-order valence-electron chi connectivity index (χ4n) is 1.57. The molecule has 86 valence electrons. The van der Waals surface area contributed by atoms with E-state index in [1.807, 2.05) is 18.4 Å². The summed E-state index contributed by atoms with van der Waals surface area (Å²) in [5.41, 5.74) is 0. The molecule has 0 bridgehead atoms. The van der Waals surface area contributed by atoms with Gasteiger partial charge in [0.05, 0.1) is 0 Å². The lowest BCUT2D eigenvalue weighted by atomic mass is 10.1. The lowest BCUT2D eigenvalue weighted by Gasteiger charge is -2.14. The molecule has 0 saturated heterocycles. The van der Waals surface area contributed by atoms with E-state index in [-0.39, 0.29) is 0 Å². The van der Waals surface area contributed by atoms with Gasteiger partial charge in [-0.15, -0.1) is 11.3 Å². The normalized spacial score (nSPS) is 13.0. The fraction of sp³-hybridized carbons (Fsp3) is 0.667. The van der Waals surface area contributed by atoms with Crippen molar-refractivity contribution in [1.82, 2.24) is 5.32 Å². The van der Waals surface area contributed by atoms with E-state index in [1.165, 1.54) is 9.75 Å². The summed E-state index contributed by atoms with van der Waals surface area (Å²) in [4.78, 5) is 2.95. The molecule has 1 aromatic heterocycles. The van der Waals surface area contributed by atoms with E-state index in [9.17, 15) is 0 Å². The van der Waals surface area contributed by atoms with Crippen LogP contribution in [-0.4, -0.2) is 26.8 Å². The summed E-state index contributed by atoms with van der Waals surface area (Å²) in [5, 5.41) is 3.34. The molecule has 3 heteroatoms. The predicted molar refractivity (Wildman–Crippen MR) is 66.7 cm³/mol.